The average Bonchev–Trinajstić information content (AvgIpc) is 2.81. The molecule has 0 aromatic carbocycles. The third kappa shape index (κ3) is 2.86. The van der Waals surface area contributed by atoms with Crippen molar-refractivity contribution in [1.29, 1.82) is 0 Å². The molecule has 1 unspecified atom stereocenters. The minimum Gasteiger partial charge on any atom is -0.340 e. The highest BCUT2D eigenvalue weighted by molar-refractivity contribution is 6.07. The number of urea groups is 1. The predicted molar refractivity (Wildman–Crippen MR) is 68.1 cm³/mol. The fourth-order valence-electron chi connectivity index (χ4n) is 2.43. The standard InChI is InChI=1S/C12H20N4O3/c1-11(2,13)4-3-8(17)16-6-5-12(7-16)9(18)14-10(19)15-12/h3-7,13H2,1-2H3,(H2,14,15,18,19). The maximum Gasteiger partial charge on any atom is 0.322 e. The summed E-state index contributed by atoms with van der Waals surface area (Å²) < 4.78 is 0. The van der Waals surface area contributed by atoms with Gasteiger partial charge in [-0.2, -0.15) is 0 Å². The molecule has 4 N–H and O–H groups in total. The molecule has 2 heterocycles. The summed E-state index contributed by atoms with van der Waals surface area (Å²) in [4.78, 5) is 36.6. The van der Waals surface area contributed by atoms with Crippen LogP contribution < -0.4 is 16.4 Å². The lowest BCUT2D eigenvalue weighted by Crippen LogP contribution is -2.49. The summed E-state index contributed by atoms with van der Waals surface area (Å²) in [6.07, 6.45) is 1.41. The van der Waals surface area contributed by atoms with Crippen molar-refractivity contribution in [1.82, 2.24) is 15.5 Å². The Balaban J connectivity index is 1.93. The molecule has 0 radical (unpaired) electrons. The van der Waals surface area contributed by atoms with Crippen LogP contribution in [-0.2, 0) is 9.59 Å². The number of imide groups is 1. The van der Waals surface area contributed by atoms with Gasteiger partial charge in [0.25, 0.3) is 5.91 Å². The predicted octanol–water partition coefficient (Wildman–Crippen LogP) is -0.686. The zero-order chi connectivity index (χ0) is 14.3. The number of hydrogen-bond donors (Lipinski definition) is 3. The Morgan fingerprint density at radius 2 is 2.16 bits per heavy atom. The molecule has 0 aromatic heterocycles. The average molecular weight is 268 g/mol. The van der Waals surface area contributed by atoms with Crippen LogP contribution in [0, 0.1) is 0 Å². The van der Waals surface area contributed by atoms with Gasteiger partial charge in [-0.15, -0.1) is 0 Å². The smallest absolute Gasteiger partial charge is 0.322 e. The first-order valence-corrected chi connectivity index (χ1v) is 6.42. The highest BCUT2D eigenvalue weighted by Crippen LogP contribution is 2.25. The van der Waals surface area contributed by atoms with Gasteiger partial charge in [-0.25, -0.2) is 4.79 Å². The van der Waals surface area contributed by atoms with Crippen LogP contribution in [0.5, 0.6) is 0 Å². The van der Waals surface area contributed by atoms with E-state index < -0.39 is 11.6 Å². The molecule has 2 rings (SSSR count). The summed E-state index contributed by atoms with van der Waals surface area (Å²) in [6.45, 7) is 4.47. The van der Waals surface area contributed by atoms with Gasteiger partial charge in [-0.3, -0.25) is 14.9 Å². The number of likely N-dealkylation sites (tertiary alicyclic amines) is 1. The maximum absolute atomic E-state index is 12.0. The van der Waals surface area contributed by atoms with E-state index in [0.29, 0.717) is 25.8 Å². The molecule has 106 valence electrons. The molecular weight excluding hydrogens is 248 g/mol. The third-order valence-corrected chi connectivity index (χ3v) is 3.62. The van der Waals surface area contributed by atoms with Gasteiger partial charge in [0.1, 0.15) is 5.54 Å². The van der Waals surface area contributed by atoms with Crippen molar-refractivity contribution in [2.75, 3.05) is 13.1 Å². The van der Waals surface area contributed by atoms with E-state index in [2.05, 4.69) is 10.6 Å². The van der Waals surface area contributed by atoms with Crippen LogP contribution in [-0.4, -0.2) is 46.9 Å². The molecule has 2 saturated heterocycles. The van der Waals surface area contributed by atoms with Crippen LogP contribution in [0.2, 0.25) is 0 Å². The van der Waals surface area contributed by atoms with E-state index in [1.807, 2.05) is 13.8 Å². The SMILES string of the molecule is CC(C)(N)CCC(=O)N1CCC2(C1)NC(=O)NC2=O. The Morgan fingerprint density at radius 1 is 1.47 bits per heavy atom. The first-order chi connectivity index (χ1) is 8.72. The monoisotopic (exact) mass is 268 g/mol. The summed E-state index contributed by atoms with van der Waals surface area (Å²) in [6, 6.07) is -0.484. The molecule has 2 aliphatic rings. The van der Waals surface area contributed by atoms with Crippen LogP contribution in [0.25, 0.3) is 0 Å². The molecule has 2 fully saturated rings. The molecule has 1 atom stereocenters. The first-order valence-electron chi connectivity index (χ1n) is 6.42. The number of carbonyl (C=O) groups excluding carboxylic acids is 3. The molecule has 7 nitrogen and oxygen atoms in total. The van der Waals surface area contributed by atoms with E-state index in [4.69, 9.17) is 5.73 Å². The summed E-state index contributed by atoms with van der Waals surface area (Å²) in [5.41, 5.74) is 4.54. The molecule has 0 saturated carbocycles. The number of hydrogen-bond acceptors (Lipinski definition) is 4. The van der Waals surface area contributed by atoms with E-state index >= 15 is 0 Å². The summed E-state index contributed by atoms with van der Waals surface area (Å²) >= 11 is 0. The van der Waals surface area contributed by atoms with Gasteiger partial charge < -0.3 is 16.0 Å². The molecule has 1 spiro atoms. The molecule has 19 heavy (non-hydrogen) atoms. The highest BCUT2D eigenvalue weighted by atomic mass is 16.2. The van der Waals surface area contributed by atoms with Crippen molar-refractivity contribution >= 4 is 17.8 Å². The largest absolute Gasteiger partial charge is 0.340 e. The molecule has 2 aliphatic heterocycles. The van der Waals surface area contributed by atoms with Crippen LogP contribution >= 0.6 is 0 Å². The molecule has 7 heteroatoms. The number of nitrogens with zero attached hydrogens (tertiary/aromatic N) is 1. The van der Waals surface area contributed by atoms with E-state index in [9.17, 15) is 14.4 Å². The van der Waals surface area contributed by atoms with Crippen molar-refractivity contribution in [2.24, 2.45) is 5.73 Å². The van der Waals surface area contributed by atoms with Crippen molar-refractivity contribution in [3.05, 3.63) is 0 Å². The Kier molecular flexibility index (Phi) is 3.25. The summed E-state index contributed by atoms with van der Waals surface area (Å²) in [5, 5.41) is 4.84. The van der Waals surface area contributed by atoms with Crippen LogP contribution in [0.1, 0.15) is 33.1 Å². The first kappa shape index (κ1) is 13.8. The lowest BCUT2D eigenvalue weighted by molar-refractivity contribution is -0.131. The highest BCUT2D eigenvalue weighted by Gasteiger charge is 2.51. The number of rotatable bonds is 3. The zero-order valence-corrected chi connectivity index (χ0v) is 11.3. The van der Waals surface area contributed by atoms with Gasteiger partial charge in [0.05, 0.1) is 6.54 Å². The molecule has 0 aliphatic carbocycles. The molecule has 0 aromatic rings. The fraction of sp³-hybridized carbons (Fsp3) is 0.750. The second kappa shape index (κ2) is 4.48. The number of nitrogens with one attached hydrogen (secondary N) is 2. The van der Waals surface area contributed by atoms with Gasteiger partial charge in [0.15, 0.2) is 0 Å². The molecule has 0 bridgehead atoms. The van der Waals surface area contributed by atoms with Gasteiger partial charge in [-0.05, 0) is 26.7 Å². The van der Waals surface area contributed by atoms with E-state index in [1.165, 1.54) is 0 Å². The Bertz CT molecular complexity index is 429. The van der Waals surface area contributed by atoms with Crippen molar-refractivity contribution in [3.8, 4) is 0 Å². The van der Waals surface area contributed by atoms with E-state index in [0.717, 1.165) is 0 Å². The summed E-state index contributed by atoms with van der Waals surface area (Å²) in [7, 11) is 0. The van der Waals surface area contributed by atoms with Crippen LogP contribution in [0.3, 0.4) is 0 Å². The van der Waals surface area contributed by atoms with Gasteiger partial charge in [-0.1, -0.05) is 0 Å². The van der Waals surface area contributed by atoms with E-state index in [1.54, 1.807) is 4.90 Å². The third-order valence-electron chi connectivity index (χ3n) is 3.62. The second-order valence-electron chi connectivity index (χ2n) is 6.04. The van der Waals surface area contributed by atoms with Gasteiger partial charge in [0, 0.05) is 18.5 Å². The second-order valence-corrected chi connectivity index (χ2v) is 6.04. The number of nitrogens with two attached hydrogens (primary N) is 1. The fourth-order valence-corrected chi connectivity index (χ4v) is 2.43. The maximum atomic E-state index is 12.0. The number of amides is 4. The van der Waals surface area contributed by atoms with Crippen molar-refractivity contribution < 1.29 is 14.4 Å². The minimum atomic E-state index is -0.926. The molecular formula is C12H20N4O3. The Labute approximate surface area is 111 Å². The quantitative estimate of drug-likeness (QED) is 0.589. The molecule has 4 amide bonds. The van der Waals surface area contributed by atoms with Crippen molar-refractivity contribution in [2.45, 2.75) is 44.2 Å². The Hall–Kier alpha value is -1.63. The van der Waals surface area contributed by atoms with Crippen LogP contribution in [0.15, 0.2) is 0 Å². The van der Waals surface area contributed by atoms with E-state index in [-0.39, 0.29) is 23.9 Å². The van der Waals surface area contributed by atoms with Gasteiger partial charge >= 0.3 is 6.03 Å². The Morgan fingerprint density at radius 3 is 2.68 bits per heavy atom. The van der Waals surface area contributed by atoms with Crippen molar-refractivity contribution in [3.63, 3.8) is 0 Å². The minimum absolute atomic E-state index is 0.0238. The topological polar surface area (TPSA) is 105 Å². The lowest BCUT2D eigenvalue weighted by Gasteiger charge is -2.23. The zero-order valence-electron chi connectivity index (χ0n) is 11.3. The van der Waals surface area contributed by atoms with Crippen LogP contribution in [0.4, 0.5) is 4.79 Å². The normalized spacial score (nSPS) is 26.8. The van der Waals surface area contributed by atoms with Gasteiger partial charge in [0.2, 0.25) is 5.91 Å². The lowest BCUT2D eigenvalue weighted by atomic mass is 9.99. The number of carbonyl (C=O) groups is 3. The summed E-state index contributed by atoms with van der Waals surface area (Å²) in [5.74, 6) is -0.365.